The number of H-pyrrole nitrogens is 1. The predicted molar refractivity (Wildman–Crippen MR) is 90.5 cm³/mol. The number of hydrogen-bond donors (Lipinski definition) is 1. The van der Waals surface area contributed by atoms with Crippen molar-refractivity contribution in [3.8, 4) is 0 Å². The predicted octanol–water partition coefficient (Wildman–Crippen LogP) is 1.93. The third kappa shape index (κ3) is 4.15. The van der Waals surface area contributed by atoms with Crippen LogP contribution in [0.2, 0.25) is 0 Å². The second-order valence-corrected chi connectivity index (χ2v) is 7.49. The van der Waals surface area contributed by atoms with Crippen LogP contribution in [0.1, 0.15) is 18.5 Å². The van der Waals surface area contributed by atoms with Crippen LogP contribution in [0, 0.1) is 11.7 Å². The van der Waals surface area contributed by atoms with E-state index in [0.717, 1.165) is 25.9 Å². The Hall–Kier alpha value is -1.86. The highest BCUT2D eigenvalue weighted by Gasteiger charge is 2.23. The van der Waals surface area contributed by atoms with Crippen molar-refractivity contribution in [1.82, 2.24) is 14.9 Å². The van der Waals surface area contributed by atoms with Gasteiger partial charge >= 0.3 is 0 Å². The molecule has 1 aromatic carbocycles. The number of piperidine rings is 1. The molecule has 2 aromatic rings. The normalized spacial score (nSPS) is 17.7. The van der Waals surface area contributed by atoms with Gasteiger partial charge in [-0.1, -0.05) is 12.1 Å². The van der Waals surface area contributed by atoms with Crippen molar-refractivity contribution in [3.63, 3.8) is 0 Å². The van der Waals surface area contributed by atoms with E-state index in [0.29, 0.717) is 28.8 Å². The summed E-state index contributed by atoms with van der Waals surface area (Å²) in [5.41, 5.74) is 0.367. The van der Waals surface area contributed by atoms with Gasteiger partial charge in [0.25, 0.3) is 5.56 Å². The van der Waals surface area contributed by atoms with Gasteiger partial charge in [0.2, 0.25) is 0 Å². The molecule has 1 unspecified atom stereocenters. The molecule has 3 rings (SSSR count). The molecule has 0 radical (unpaired) electrons. The molecular weight excluding hydrogens is 329 g/mol. The summed E-state index contributed by atoms with van der Waals surface area (Å²) in [5, 5.41) is 0. The first kappa shape index (κ1) is 17.0. The topological polar surface area (TPSA) is 66.1 Å². The van der Waals surface area contributed by atoms with Crippen molar-refractivity contribution in [2.45, 2.75) is 24.3 Å². The molecule has 1 N–H and O–H groups in total. The first-order chi connectivity index (χ1) is 11.6. The number of rotatable bonds is 5. The lowest BCUT2D eigenvalue weighted by molar-refractivity contribution is 0.184. The quantitative estimate of drug-likeness (QED) is 0.896. The molecule has 7 heteroatoms. The molecule has 0 aliphatic carbocycles. The minimum absolute atomic E-state index is 0.153. The van der Waals surface area contributed by atoms with Gasteiger partial charge in [0.15, 0.2) is 0 Å². The van der Waals surface area contributed by atoms with Crippen LogP contribution in [0.3, 0.4) is 0 Å². The summed E-state index contributed by atoms with van der Waals surface area (Å²) < 4.78 is 26.0. The van der Waals surface area contributed by atoms with Crippen LogP contribution in [0.25, 0.3) is 0 Å². The van der Waals surface area contributed by atoms with Gasteiger partial charge in [-0.05, 0) is 44.0 Å². The van der Waals surface area contributed by atoms with Gasteiger partial charge in [0.1, 0.15) is 11.5 Å². The van der Waals surface area contributed by atoms with Crippen molar-refractivity contribution < 1.29 is 8.60 Å². The fourth-order valence-corrected chi connectivity index (χ4v) is 4.41. The van der Waals surface area contributed by atoms with E-state index in [1.54, 1.807) is 24.4 Å². The zero-order chi connectivity index (χ0) is 16.9. The number of hydrogen-bond acceptors (Lipinski definition) is 4. The van der Waals surface area contributed by atoms with Crippen LogP contribution in [-0.4, -0.2) is 37.9 Å². The lowest BCUT2D eigenvalue weighted by atomic mass is 9.99. The molecule has 1 fully saturated rings. The highest BCUT2D eigenvalue weighted by Crippen LogP contribution is 2.22. The van der Waals surface area contributed by atoms with Crippen LogP contribution in [0.5, 0.6) is 0 Å². The summed E-state index contributed by atoms with van der Waals surface area (Å²) in [6.07, 6.45) is 4.90. The van der Waals surface area contributed by atoms with Gasteiger partial charge < -0.3 is 4.98 Å². The number of benzene rings is 1. The Kier molecular flexibility index (Phi) is 5.52. The fraction of sp³-hybridized carbons (Fsp3) is 0.412. The summed E-state index contributed by atoms with van der Waals surface area (Å²) in [4.78, 5) is 20.9. The van der Waals surface area contributed by atoms with Crippen molar-refractivity contribution in [2.75, 3.05) is 18.8 Å². The smallest absolute Gasteiger partial charge is 0.270 e. The van der Waals surface area contributed by atoms with Gasteiger partial charge in [0.05, 0.1) is 15.7 Å². The van der Waals surface area contributed by atoms with Gasteiger partial charge in [0, 0.05) is 24.7 Å². The first-order valence-corrected chi connectivity index (χ1v) is 9.33. The van der Waals surface area contributed by atoms with Gasteiger partial charge in [-0.3, -0.25) is 18.9 Å². The number of aromatic nitrogens is 2. The number of aromatic amines is 1. The summed E-state index contributed by atoms with van der Waals surface area (Å²) in [5.74, 6) is 0.394. The second kappa shape index (κ2) is 7.81. The average Bonchev–Trinajstić information content (AvgIpc) is 2.59. The van der Waals surface area contributed by atoms with E-state index in [1.165, 1.54) is 12.3 Å². The van der Waals surface area contributed by atoms with E-state index in [1.807, 2.05) is 0 Å². The van der Waals surface area contributed by atoms with E-state index >= 15 is 0 Å². The van der Waals surface area contributed by atoms with Crippen LogP contribution in [-0.2, 0) is 17.3 Å². The third-order valence-corrected chi connectivity index (χ3v) is 5.93. The van der Waals surface area contributed by atoms with Crippen molar-refractivity contribution in [1.29, 1.82) is 0 Å². The Morgan fingerprint density at radius 2 is 2.04 bits per heavy atom. The number of halogens is 1. The zero-order valence-electron chi connectivity index (χ0n) is 13.3. The SMILES string of the molecule is O=c1[nH]ccnc1CN1CCC(CS(=O)c2ccccc2F)CC1. The Morgan fingerprint density at radius 1 is 1.29 bits per heavy atom. The Labute approximate surface area is 142 Å². The minimum atomic E-state index is -1.31. The second-order valence-electron chi connectivity index (χ2n) is 6.03. The van der Waals surface area contributed by atoms with Crippen LogP contribution >= 0.6 is 0 Å². The molecule has 24 heavy (non-hydrogen) atoms. The largest absolute Gasteiger partial charge is 0.326 e. The summed E-state index contributed by atoms with van der Waals surface area (Å²) >= 11 is 0. The van der Waals surface area contributed by atoms with Gasteiger partial charge in [-0.25, -0.2) is 4.39 Å². The van der Waals surface area contributed by atoms with Crippen LogP contribution in [0.4, 0.5) is 4.39 Å². The maximum absolute atomic E-state index is 13.7. The van der Waals surface area contributed by atoms with Crippen molar-refractivity contribution >= 4 is 10.8 Å². The highest BCUT2D eigenvalue weighted by molar-refractivity contribution is 7.85. The summed E-state index contributed by atoms with van der Waals surface area (Å²) in [7, 11) is -1.31. The molecule has 1 aliphatic rings. The van der Waals surface area contributed by atoms with Crippen molar-refractivity contribution in [2.24, 2.45) is 5.92 Å². The molecule has 1 atom stereocenters. The molecule has 0 saturated carbocycles. The van der Waals surface area contributed by atoms with E-state index in [4.69, 9.17) is 0 Å². The molecule has 5 nitrogen and oxygen atoms in total. The molecule has 0 spiro atoms. The lowest BCUT2D eigenvalue weighted by Crippen LogP contribution is -2.36. The molecule has 1 saturated heterocycles. The average molecular weight is 349 g/mol. The monoisotopic (exact) mass is 349 g/mol. The number of nitrogens with one attached hydrogen (secondary N) is 1. The van der Waals surface area contributed by atoms with Crippen LogP contribution in [0.15, 0.2) is 46.3 Å². The van der Waals surface area contributed by atoms with Crippen LogP contribution < -0.4 is 5.56 Å². The minimum Gasteiger partial charge on any atom is -0.326 e. The maximum Gasteiger partial charge on any atom is 0.270 e. The molecule has 128 valence electrons. The van der Waals surface area contributed by atoms with Gasteiger partial charge in [-0.15, -0.1) is 0 Å². The molecule has 2 heterocycles. The molecule has 0 amide bonds. The molecular formula is C17H20FN3O2S. The Balaban J connectivity index is 1.52. The molecule has 1 aromatic heterocycles. The number of likely N-dealkylation sites (tertiary alicyclic amines) is 1. The standard InChI is InChI=1S/C17H20FN3O2S/c18-14-3-1-2-4-16(14)24(23)12-13-5-9-21(10-6-13)11-15-17(22)20-8-7-19-15/h1-4,7-8,13H,5-6,9-12H2,(H,20,22). The fourth-order valence-electron chi connectivity index (χ4n) is 2.95. The first-order valence-electron chi connectivity index (χ1n) is 8.01. The molecule has 1 aliphatic heterocycles. The highest BCUT2D eigenvalue weighted by atomic mass is 32.2. The third-order valence-electron chi connectivity index (χ3n) is 4.33. The van der Waals surface area contributed by atoms with E-state index < -0.39 is 16.6 Å². The zero-order valence-corrected chi connectivity index (χ0v) is 14.1. The van der Waals surface area contributed by atoms with E-state index in [-0.39, 0.29) is 5.56 Å². The van der Waals surface area contributed by atoms with Crippen molar-refractivity contribution in [3.05, 3.63) is 58.5 Å². The Morgan fingerprint density at radius 3 is 2.75 bits per heavy atom. The summed E-state index contributed by atoms with van der Waals surface area (Å²) in [6.45, 7) is 2.18. The Bertz CT molecular complexity index is 772. The van der Waals surface area contributed by atoms with Gasteiger partial charge in [-0.2, -0.15) is 0 Å². The van der Waals surface area contributed by atoms with E-state index in [2.05, 4.69) is 14.9 Å². The molecule has 0 bridgehead atoms. The maximum atomic E-state index is 13.7. The number of nitrogens with zero attached hydrogens (tertiary/aromatic N) is 2. The lowest BCUT2D eigenvalue weighted by Gasteiger charge is -2.31. The van der Waals surface area contributed by atoms with E-state index in [9.17, 15) is 13.4 Å². The summed E-state index contributed by atoms with van der Waals surface area (Å²) in [6, 6.07) is 6.26.